The number of likely N-dealkylation sites (tertiary alicyclic amines) is 1. The van der Waals surface area contributed by atoms with E-state index < -0.39 is 9.84 Å². The SMILES string of the molecule is CN1CCC(S(C)(=O)=O)CC1(C)C. The molecule has 0 aromatic carbocycles. The topological polar surface area (TPSA) is 37.4 Å². The summed E-state index contributed by atoms with van der Waals surface area (Å²) < 4.78 is 22.7. The van der Waals surface area contributed by atoms with Crippen molar-refractivity contribution in [2.75, 3.05) is 19.8 Å². The van der Waals surface area contributed by atoms with Gasteiger partial charge in [-0.15, -0.1) is 0 Å². The number of nitrogens with zero attached hydrogens (tertiary/aromatic N) is 1. The fraction of sp³-hybridized carbons (Fsp3) is 1.00. The Balaban J connectivity index is 2.78. The number of piperidine rings is 1. The van der Waals surface area contributed by atoms with Gasteiger partial charge in [0, 0.05) is 11.8 Å². The van der Waals surface area contributed by atoms with E-state index in [1.54, 1.807) is 0 Å². The van der Waals surface area contributed by atoms with Crippen LogP contribution in [0.2, 0.25) is 0 Å². The second-order valence-corrected chi connectivity index (χ2v) is 7.00. The number of sulfone groups is 1. The van der Waals surface area contributed by atoms with E-state index in [0.717, 1.165) is 19.4 Å². The maximum Gasteiger partial charge on any atom is 0.150 e. The Morgan fingerprint density at radius 3 is 2.31 bits per heavy atom. The van der Waals surface area contributed by atoms with Gasteiger partial charge in [0.05, 0.1) is 5.25 Å². The lowest BCUT2D eigenvalue weighted by Gasteiger charge is -2.42. The van der Waals surface area contributed by atoms with Gasteiger partial charge < -0.3 is 4.90 Å². The molecule has 1 unspecified atom stereocenters. The van der Waals surface area contributed by atoms with Gasteiger partial charge in [-0.2, -0.15) is 0 Å². The summed E-state index contributed by atoms with van der Waals surface area (Å²) in [6.07, 6.45) is 2.88. The lowest BCUT2D eigenvalue weighted by atomic mass is 9.91. The van der Waals surface area contributed by atoms with E-state index in [0.29, 0.717) is 0 Å². The Bertz CT molecular complexity index is 282. The average molecular weight is 205 g/mol. The van der Waals surface area contributed by atoms with E-state index in [2.05, 4.69) is 25.8 Å². The molecule has 0 N–H and O–H groups in total. The van der Waals surface area contributed by atoms with Crippen LogP contribution in [0.3, 0.4) is 0 Å². The van der Waals surface area contributed by atoms with E-state index in [1.807, 2.05) is 0 Å². The first-order valence-corrected chi connectivity index (χ1v) is 6.59. The second-order valence-electron chi connectivity index (χ2n) is 4.68. The minimum Gasteiger partial charge on any atom is -0.301 e. The van der Waals surface area contributed by atoms with Crippen molar-refractivity contribution in [1.82, 2.24) is 4.90 Å². The van der Waals surface area contributed by atoms with E-state index in [1.165, 1.54) is 6.26 Å². The van der Waals surface area contributed by atoms with Crippen molar-refractivity contribution in [3.63, 3.8) is 0 Å². The van der Waals surface area contributed by atoms with Gasteiger partial charge in [-0.05, 0) is 40.3 Å². The third-order valence-corrected chi connectivity index (χ3v) is 4.77. The maximum atomic E-state index is 11.4. The summed E-state index contributed by atoms with van der Waals surface area (Å²) in [6.45, 7) is 5.08. The van der Waals surface area contributed by atoms with Gasteiger partial charge >= 0.3 is 0 Å². The molecule has 0 aliphatic carbocycles. The Hall–Kier alpha value is -0.0900. The molecule has 1 fully saturated rings. The summed E-state index contributed by atoms with van der Waals surface area (Å²) in [5.74, 6) is 0. The highest BCUT2D eigenvalue weighted by Gasteiger charge is 2.36. The molecule has 1 heterocycles. The van der Waals surface area contributed by atoms with Crippen LogP contribution >= 0.6 is 0 Å². The van der Waals surface area contributed by atoms with Crippen molar-refractivity contribution >= 4 is 9.84 Å². The second kappa shape index (κ2) is 3.24. The normalized spacial score (nSPS) is 30.3. The van der Waals surface area contributed by atoms with Crippen molar-refractivity contribution < 1.29 is 8.42 Å². The summed E-state index contributed by atoms with van der Waals surface area (Å²) in [5, 5.41) is -0.140. The molecule has 13 heavy (non-hydrogen) atoms. The summed E-state index contributed by atoms with van der Waals surface area (Å²) in [4.78, 5) is 2.23. The zero-order valence-corrected chi connectivity index (χ0v) is 9.69. The maximum absolute atomic E-state index is 11.4. The molecule has 0 aromatic rings. The fourth-order valence-corrected chi connectivity index (χ4v) is 3.06. The van der Waals surface area contributed by atoms with Crippen LogP contribution in [0.4, 0.5) is 0 Å². The van der Waals surface area contributed by atoms with Crippen LogP contribution in [0, 0.1) is 0 Å². The molecule has 0 radical (unpaired) electrons. The van der Waals surface area contributed by atoms with Crippen molar-refractivity contribution in [2.24, 2.45) is 0 Å². The lowest BCUT2D eigenvalue weighted by molar-refractivity contribution is 0.110. The molecule has 78 valence electrons. The monoisotopic (exact) mass is 205 g/mol. The zero-order chi connectivity index (χ0) is 10.3. The fourth-order valence-electron chi connectivity index (χ4n) is 1.82. The molecule has 1 rings (SSSR count). The molecule has 0 amide bonds. The van der Waals surface area contributed by atoms with Crippen LogP contribution < -0.4 is 0 Å². The minimum absolute atomic E-state index is 0.0198. The van der Waals surface area contributed by atoms with Gasteiger partial charge in [0.25, 0.3) is 0 Å². The van der Waals surface area contributed by atoms with E-state index >= 15 is 0 Å². The van der Waals surface area contributed by atoms with Gasteiger partial charge in [0.15, 0.2) is 0 Å². The Morgan fingerprint density at radius 1 is 1.38 bits per heavy atom. The first-order valence-electron chi connectivity index (χ1n) is 4.63. The average Bonchev–Trinajstić information content (AvgIpc) is 1.92. The van der Waals surface area contributed by atoms with Gasteiger partial charge in [0.1, 0.15) is 9.84 Å². The largest absolute Gasteiger partial charge is 0.301 e. The summed E-state index contributed by atoms with van der Waals surface area (Å²) in [5.41, 5.74) is 0.0198. The number of hydrogen-bond donors (Lipinski definition) is 0. The number of hydrogen-bond acceptors (Lipinski definition) is 3. The van der Waals surface area contributed by atoms with Crippen molar-refractivity contribution in [1.29, 1.82) is 0 Å². The first-order chi connectivity index (χ1) is 5.73. The van der Waals surface area contributed by atoms with Crippen molar-refractivity contribution in [3.05, 3.63) is 0 Å². The Morgan fingerprint density at radius 2 is 1.92 bits per heavy atom. The van der Waals surface area contributed by atoms with Crippen LogP contribution in [0.5, 0.6) is 0 Å². The molecular formula is C9H19NO2S. The standard InChI is InChI=1S/C9H19NO2S/c1-9(2)7-8(13(4,11)12)5-6-10(9)3/h8H,5-7H2,1-4H3. The van der Waals surface area contributed by atoms with Gasteiger partial charge in [-0.25, -0.2) is 8.42 Å². The summed E-state index contributed by atoms with van der Waals surface area (Å²) in [7, 11) is -0.793. The molecule has 3 nitrogen and oxygen atoms in total. The molecule has 4 heteroatoms. The first kappa shape index (κ1) is 11.0. The minimum atomic E-state index is -2.85. The van der Waals surface area contributed by atoms with E-state index in [-0.39, 0.29) is 10.8 Å². The third-order valence-electron chi connectivity index (χ3n) is 3.15. The summed E-state index contributed by atoms with van der Waals surface area (Å²) >= 11 is 0. The molecule has 1 saturated heterocycles. The third kappa shape index (κ3) is 2.44. The quantitative estimate of drug-likeness (QED) is 0.638. The van der Waals surface area contributed by atoms with Gasteiger partial charge in [0.2, 0.25) is 0 Å². The lowest BCUT2D eigenvalue weighted by Crippen LogP contribution is -2.50. The van der Waals surface area contributed by atoms with Gasteiger partial charge in [-0.1, -0.05) is 0 Å². The Kier molecular flexibility index (Phi) is 2.74. The molecule has 1 aliphatic rings. The smallest absolute Gasteiger partial charge is 0.150 e. The van der Waals surface area contributed by atoms with Crippen LogP contribution in [0.15, 0.2) is 0 Å². The van der Waals surface area contributed by atoms with Crippen molar-refractivity contribution in [3.8, 4) is 0 Å². The highest BCUT2D eigenvalue weighted by Crippen LogP contribution is 2.29. The Labute approximate surface area is 81.0 Å². The molecule has 0 saturated carbocycles. The predicted molar refractivity (Wildman–Crippen MR) is 54.6 cm³/mol. The highest BCUT2D eigenvalue weighted by molar-refractivity contribution is 7.91. The van der Waals surface area contributed by atoms with Crippen molar-refractivity contribution in [2.45, 2.75) is 37.5 Å². The van der Waals surface area contributed by atoms with E-state index in [4.69, 9.17) is 0 Å². The van der Waals surface area contributed by atoms with Crippen LogP contribution in [-0.4, -0.2) is 44.0 Å². The molecule has 1 aliphatic heterocycles. The molecule has 0 aromatic heterocycles. The zero-order valence-electron chi connectivity index (χ0n) is 8.87. The molecule has 1 atom stereocenters. The van der Waals surface area contributed by atoms with Crippen LogP contribution in [-0.2, 0) is 9.84 Å². The highest BCUT2D eigenvalue weighted by atomic mass is 32.2. The van der Waals surface area contributed by atoms with E-state index in [9.17, 15) is 8.42 Å². The molecular weight excluding hydrogens is 186 g/mol. The molecule has 0 bridgehead atoms. The van der Waals surface area contributed by atoms with Gasteiger partial charge in [-0.3, -0.25) is 0 Å². The van der Waals surface area contributed by atoms with Crippen LogP contribution in [0.25, 0.3) is 0 Å². The number of rotatable bonds is 1. The summed E-state index contributed by atoms with van der Waals surface area (Å²) in [6, 6.07) is 0. The molecule has 0 spiro atoms. The predicted octanol–water partition coefficient (Wildman–Crippen LogP) is 0.904. The van der Waals surface area contributed by atoms with Crippen LogP contribution in [0.1, 0.15) is 26.7 Å².